The lowest BCUT2D eigenvalue weighted by molar-refractivity contribution is -0.142. The SMILES string of the molecule is Cc1cccc(-n2c(C)cc(C(=O)NCCOCC(=O)O)c2C)c1. The largest absolute Gasteiger partial charge is 0.480 e. The highest BCUT2D eigenvalue weighted by atomic mass is 16.5. The number of ether oxygens (including phenoxy) is 1. The normalized spacial score (nSPS) is 10.6. The van der Waals surface area contributed by atoms with Gasteiger partial charge in [-0.15, -0.1) is 0 Å². The molecule has 0 saturated carbocycles. The first-order valence-corrected chi connectivity index (χ1v) is 7.74. The van der Waals surface area contributed by atoms with Crippen molar-refractivity contribution >= 4 is 11.9 Å². The molecular formula is C18H22N2O4. The van der Waals surface area contributed by atoms with E-state index >= 15 is 0 Å². The number of benzene rings is 1. The summed E-state index contributed by atoms with van der Waals surface area (Å²) in [6.07, 6.45) is 0. The molecule has 0 saturated heterocycles. The molecule has 1 amide bonds. The first-order chi connectivity index (χ1) is 11.4. The van der Waals surface area contributed by atoms with E-state index < -0.39 is 5.97 Å². The topological polar surface area (TPSA) is 80.6 Å². The Balaban J connectivity index is 2.08. The van der Waals surface area contributed by atoms with Crippen LogP contribution in [-0.2, 0) is 9.53 Å². The van der Waals surface area contributed by atoms with Gasteiger partial charge in [-0.25, -0.2) is 4.79 Å². The number of nitrogens with zero attached hydrogens (tertiary/aromatic N) is 1. The molecule has 0 aliphatic carbocycles. The standard InChI is InChI=1S/C18H22N2O4/c1-12-5-4-6-15(9-12)20-13(2)10-16(14(20)3)18(23)19-7-8-24-11-17(21)22/h4-6,9-10H,7-8,11H2,1-3H3,(H,19,23)(H,21,22). The van der Waals surface area contributed by atoms with Crippen molar-refractivity contribution in [2.45, 2.75) is 20.8 Å². The summed E-state index contributed by atoms with van der Waals surface area (Å²) < 4.78 is 6.95. The molecule has 1 aromatic carbocycles. The van der Waals surface area contributed by atoms with E-state index in [1.807, 2.05) is 49.6 Å². The van der Waals surface area contributed by atoms with Crippen LogP contribution < -0.4 is 5.32 Å². The zero-order valence-corrected chi connectivity index (χ0v) is 14.1. The van der Waals surface area contributed by atoms with Gasteiger partial charge in [0, 0.05) is 23.6 Å². The lowest BCUT2D eigenvalue weighted by Gasteiger charge is -2.11. The van der Waals surface area contributed by atoms with Crippen molar-refractivity contribution in [3.63, 3.8) is 0 Å². The molecule has 2 rings (SSSR count). The van der Waals surface area contributed by atoms with Gasteiger partial charge in [-0.1, -0.05) is 12.1 Å². The Morgan fingerprint density at radius 2 is 1.96 bits per heavy atom. The maximum absolute atomic E-state index is 12.3. The Morgan fingerprint density at radius 1 is 1.21 bits per heavy atom. The molecule has 0 bridgehead atoms. The Kier molecular flexibility index (Phi) is 5.76. The number of amides is 1. The molecule has 128 valence electrons. The van der Waals surface area contributed by atoms with Gasteiger partial charge in [0.1, 0.15) is 6.61 Å². The van der Waals surface area contributed by atoms with E-state index in [1.54, 1.807) is 0 Å². The van der Waals surface area contributed by atoms with Crippen molar-refractivity contribution < 1.29 is 19.4 Å². The summed E-state index contributed by atoms with van der Waals surface area (Å²) in [6.45, 7) is 5.96. The van der Waals surface area contributed by atoms with Gasteiger partial charge in [0.25, 0.3) is 5.91 Å². The summed E-state index contributed by atoms with van der Waals surface area (Å²) in [5.41, 5.74) is 4.62. The van der Waals surface area contributed by atoms with Crippen molar-refractivity contribution in [3.05, 3.63) is 52.8 Å². The van der Waals surface area contributed by atoms with Gasteiger partial charge in [-0.2, -0.15) is 0 Å². The minimum atomic E-state index is -1.02. The van der Waals surface area contributed by atoms with Crippen molar-refractivity contribution in [2.24, 2.45) is 0 Å². The number of carboxylic acid groups (broad SMARTS) is 1. The van der Waals surface area contributed by atoms with Gasteiger partial charge in [0.2, 0.25) is 0 Å². The number of carbonyl (C=O) groups is 2. The van der Waals surface area contributed by atoms with Crippen molar-refractivity contribution in [3.8, 4) is 5.69 Å². The number of aromatic nitrogens is 1. The molecular weight excluding hydrogens is 308 g/mol. The van der Waals surface area contributed by atoms with Crippen LogP contribution in [0.5, 0.6) is 0 Å². The van der Waals surface area contributed by atoms with Gasteiger partial charge in [-0.3, -0.25) is 4.79 Å². The average molecular weight is 330 g/mol. The zero-order valence-electron chi connectivity index (χ0n) is 14.1. The number of carbonyl (C=O) groups excluding carboxylic acids is 1. The molecule has 0 radical (unpaired) electrons. The van der Waals surface area contributed by atoms with Crippen LogP contribution in [0.1, 0.15) is 27.3 Å². The Bertz CT molecular complexity index is 749. The van der Waals surface area contributed by atoms with E-state index in [2.05, 4.69) is 11.4 Å². The van der Waals surface area contributed by atoms with Crippen molar-refractivity contribution in [1.29, 1.82) is 0 Å². The molecule has 0 aliphatic heterocycles. The molecule has 6 heteroatoms. The number of carboxylic acids is 1. The fourth-order valence-electron chi connectivity index (χ4n) is 2.65. The van der Waals surface area contributed by atoms with Crippen molar-refractivity contribution in [2.75, 3.05) is 19.8 Å². The number of hydrogen-bond donors (Lipinski definition) is 2. The smallest absolute Gasteiger partial charge is 0.329 e. The molecule has 1 heterocycles. The third-order valence-corrected chi connectivity index (χ3v) is 3.69. The maximum atomic E-state index is 12.3. The van der Waals surface area contributed by atoms with E-state index in [9.17, 15) is 9.59 Å². The first-order valence-electron chi connectivity index (χ1n) is 7.74. The van der Waals surface area contributed by atoms with E-state index in [0.717, 1.165) is 22.6 Å². The molecule has 0 atom stereocenters. The molecule has 0 unspecified atom stereocenters. The van der Waals surface area contributed by atoms with Crippen LogP contribution in [0.2, 0.25) is 0 Å². The monoisotopic (exact) mass is 330 g/mol. The first kappa shape index (κ1) is 17.7. The summed E-state index contributed by atoms with van der Waals surface area (Å²) >= 11 is 0. The molecule has 24 heavy (non-hydrogen) atoms. The fourth-order valence-corrected chi connectivity index (χ4v) is 2.65. The Morgan fingerprint density at radius 3 is 2.62 bits per heavy atom. The van der Waals surface area contributed by atoms with Crippen LogP contribution in [0.3, 0.4) is 0 Å². The molecule has 0 aliphatic rings. The van der Waals surface area contributed by atoms with E-state index in [-0.39, 0.29) is 25.7 Å². The van der Waals surface area contributed by atoms with Crippen LogP contribution in [0.15, 0.2) is 30.3 Å². The van der Waals surface area contributed by atoms with Gasteiger partial charge < -0.3 is 19.7 Å². The maximum Gasteiger partial charge on any atom is 0.329 e. The number of hydrogen-bond acceptors (Lipinski definition) is 3. The lowest BCUT2D eigenvalue weighted by atomic mass is 10.2. The van der Waals surface area contributed by atoms with Crippen LogP contribution >= 0.6 is 0 Å². The van der Waals surface area contributed by atoms with Crippen LogP contribution in [0.25, 0.3) is 5.69 Å². The second-order valence-electron chi connectivity index (χ2n) is 5.66. The van der Waals surface area contributed by atoms with Crippen LogP contribution in [0.4, 0.5) is 0 Å². The predicted molar refractivity (Wildman–Crippen MR) is 90.8 cm³/mol. The molecule has 1 aromatic heterocycles. The highest BCUT2D eigenvalue weighted by Crippen LogP contribution is 2.21. The highest BCUT2D eigenvalue weighted by Gasteiger charge is 2.16. The molecule has 2 N–H and O–H groups in total. The number of aryl methyl sites for hydroxylation is 2. The van der Waals surface area contributed by atoms with Crippen molar-refractivity contribution in [1.82, 2.24) is 9.88 Å². The Hall–Kier alpha value is -2.60. The van der Waals surface area contributed by atoms with E-state index in [4.69, 9.17) is 9.84 Å². The minimum Gasteiger partial charge on any atom is -0.480 e. The Labute approximate surface area is 141 Å². The average Bonchev–Trinajstić information content (AvgIpc) is 2.81. The number of nitrogens with one attached hydrogen (secondary N) is 1. The fraction of sp³-hybridized carbons (Fsp3) is 0.333. The second kappa shape index (κ2) is 7.79. The summed E-state index contributed by atoms with van der Waals surface area (Å²) in [4.78, 5) is 22.7. The highest BCUT2D eigenvalue weighted by molar-refractivity contribution is 5.95. The van der Waals surface area contributed by atoms with Crippen LogP contribution in [0, 0.1) is 20.8 Å². The predicted octanol–water partition coefficient (Wildman–Crippen LogP) is 2.23. The quantitative estimate of drug-likeness (QED) is 0.763. The van der Waals surface area contributed by atoms with Gasteiger partial charge in [0.05, 0.1) is 12.2 Å². The van der Waals surface area contributed by atoms with Gasteiger partial charge >= 0.3 is 5.97 Å². The van der Waals surface area contributed by atoms with Gasteiger partial charge in [0.15, 0.2) is 0 Å². The molecule has 6 nitrogen and oxygen atoms in total. The van der Waals surface area contributed by atoms with E-state index in [1.165, 1.54) is 0 Å². The molecule has 2 aromatic rings. The zero-order chi connectivity index (χ0) is 17.7. The molecule has 0 spiro atoms. The number of rotatable bonds is 7. The lowest BCUT2D eigenvalue weighted by Crippen LogP contribution is -2.28. The third-order valence-electron chi connectivity index (χ3n) is 3.69. The minimum absolute atomic E-state index is 0.161. The van der Waals surface area contributed by atoms with Crippen LogP contribution in [-0.4, -0.2) is 41.3 Å². The third kappa shape index (κ3) is 4.23. The number of aliphatic carboxylic acids is 1. The van der Waals surface area contributed by atoms with Gasteiger partial charge in [-0.05, 0) is 44.5 Å². The van der Waals surface area contributed by atoms with E-state index in [0.29, 0.717) is 5.56 Å². The molecule has 0 fully saturated rings. The summed E-state index contributed by atoms with van der Waals surface area (Å²) in [5, 5.41) is 11.2. The summed E-state index contributed by atoms with van der Waals surface area (Å²) in [6, 6.07) is 9.95. The summed E-state index contributed by atoms with van der Waals surface area (Å²) in [5.74, 6) is -1.22. The second-order valence-corrected chi connectivity index (χ2v) is 5.66. The summed E-state index contributed by atoms with van der Waals surface area (Å²) in [7, 11) is 0.